The Morgan fingerprint density at radius 2 is 1.89 bits per heavy atom. The molecule has 18 heavy (non-hydrogen) atoms. The average Bonchev–Trinajstić information content (AvgIpc) is 2.63. The van der Waals surface area contributed by atoms with E-state index in [0.717, 1.165) is 17.5 Å². The van der Waals surface area contributed by atoms with Crippen molar-refractivity contribution in [2.75, 3.05) is 0 Å². The van der Waals surface area contributed by atoms with Crippen LogP contribution in [0.4, 0.5) is 0 Å². The minimum Gasteiger partial charge on any atom is -0.385 e. The minimum absolute atomic E-state index is 0.00907. The fourth-order valence-electron chi connectivity index (χ4n) is 3.89. The maximum absolute atomic E-state index is 11.0. The molecule has 0 radical (unpaired) electrons. The molecule has 3 N–H and O–H groups in total. The van der Waals surface area contributed by atoms with Gasteiger partial charge in [0.2, 0.25) is 0 Å². The molecule has 98 valence electrons. The summed E-state index contributed by atoms with van der Waals surface area (Å²) in [5, 5.41) is 11.0. The average molecular weight is 245 g/mol. The summed E-state index contributed by atoms with van der Waals surface area (Å²) in [5.41, 5.74) is 7.73. The smallest absolute Gasteiger partial charge is 0.0920 e. The lowest BCUT2D eigenvalue weighted by Crippen LogP contribution is -2.28. The highest BCUT2D eigenvalue weighted by Crippen LogP contribution is 2.47. The fraction of sp³-hybridized carbons (Fsp3) is 0.625. The van der Waals surface area contributed by atoms with Gasteiger partial charge in [-0.3, -0.25) is 0 Å². The van der Waals surface area contributed by atoms with Gasteiger partial charge in [0.1, 0.15) is 0 Å². The van der Waals surface area contributed by atoms with Gasteiger partial charge >= 0.3 is 0 Å². The van der Waals surface area contributed by atoms with E-state index in [2.05, 4.69) is 12.1 Å². The summed E-state index contributed by atoms with van der Waals surface area (Å²) in [6.07, 6.45) is 8.17. The van der Waals surface area contributed by atoms with Crippen LogP contribution < -0.4 is 5.73 Å². The first-order valence-corrected chi connectivity index (χ1v) is 7.26. The van der Waals surface area contributed by atoms with Crippen molar-refractivity contribution in [3.05, 3.63) is 35.4 Å². The molecule has 2 atom stereocenters. The molecule has 0 spiro atoms. The van der Waals surface area contributed by atoms with Crippen LogP contribution in [-0.4, -0.2) is 5.11 Å². The number of fused-ring (bicyclic) bond motifs is 1. The molecule has 3 rings (SSSR count). The Hall–Kier alpha value is -0.860. The van der Waals surface area contributed by atoms with E-state index in [9.17, 15) is 5.11 Å². The highest BCUT2D eigenvalue weighted by atomic mass is 16.3. The van der Waals surface area contributed by atoms with Crippen molar-refractivity contribution in [2.24, 2.45) is 11.7 Å². The predicted molar refractivity (Wildman–Crippen MR) is 73.1 cm³/mol. The molecule has 2 aliphatic rings. The normalized spacial score (nSPS) is 32.4. The van der Waals surface area contributed by atoms with Gasteiger partial charge in [-0.05, 0) is 29.9 Å². The van der Waals surface area contributed by atoms with E-state index in [4.69, 9.17) is 5.73 Å². The molecule has 0 aliphatic heterocycles. The summed E-state index contributed by atoms with van der Waals surface area (Å²) < 4.78 is 0. The molecule has 2 heteroatoms. The predicted octanol–water partition coefficient (Wildman–Crippen LogP) is 3.25. The zero-order valence-electron chi connectivity index (χ0n) is 10.9. The third-order valence-corrected chi connectivity index (χ3v) is 4.77. The second-order valence-electron chi connectivity index (χ2n) is 6.14. The molecule has 2 unspecified atom stereocenters. The molecule has 0 saturated heterocycles. The fourth-order valence-corrected chi connectivity index (χ4v) is 3.89. The van der Waals surface area contributed by atoms with Gasteiger partial charge in [0, 0.05) is 6.04 Å². The Morgan fingerprint density at radius 3 is 2.67 bits per heavy atom. The first kappa shape index (κ1) is 12.2. The second-order valence-corrected chi connectivity index (χ2v) is 6.14. The van der Waals surface area contributed by atoms with E-state index in [-0.39, 0.29) is 6.04 Å². The molecule has 1 fully saturated rings. The maximum atomic E-state index is 11.0. The number of nitrogens with two attached hydrogens (primary N) is 1. The molecule has 0 aromatic heterocycles. The van der Waals surface area contributed by atoms with Gasteiger partial charge < -0.3 is 10.8 Å². The summed E-state index contributed by atoms with van der Waals surface area (Å²) in [7, 11) is 0. The van der Waals surface area contributed by atoms with Gasteiger partial charge in [-0.25, -0.2) is 0 Å². The molecule has 2 nitrogen and oxygen atoms in total. The molecule has 0 heterocycles. The van der Waals surface area contributed by atoms with Crippen LogP contribution >= 0.6 is 0 Å². The van der Waals surface area contributed by atoms with E-state index >= 15 is 0 Å². The minimum atomic E-state index is -0.669. The van der Waals surface area contributed by atoms with Crippen LogP contribution in [0.1, 0.15) is 62.1 Å². The van der Waals surface area contributed by atoms with E-state index in [0.29, 0.717) is 12.3 Å². The van der Waals surface area contributed by atoms with Crippen LogP contribution in [0, 0.1) is 5.92 Å². The molecular weight excluding hydrogens is 222 g/mol. The van der Waals surface area contributed by atoms with Crippen molar-refractivity contribution >= 4 is 0 Å². The van der Waals surface area contributed by atoms with Crippen molar-refractivity contribution in [3.63, 3.8) is 0 Å². The molecule has 2 aliphatic carbocycles. The van der Waals surface area contributed by atoms with Crippen LogP contribution in [0.2, 0.25) is 0 Å². The maximum Gasteiger partial charge on any atom is 0.0920 e. The second kappa shape index (κ2) is 4.67. The quantitative estimate of drug-likeness (QED) is 0.840. The summed E-state index contributed by atoms with van der Waals surface area (Å²) in [4.78, 5) is 0. The van der Waals surface area contributed by atoms with Crippen molar-refractivity contribution in [1.82, 2.24) is 0 Å². The molecule has 1 aromatic rings. The van der Waals surface area contributed by atoms with Gasteiger partial charge in [0.25, 0.3) is 0 Å². The van der Waals surface area contributed by atoms with Crippen molar-refractivity contribution < 1.29 is 5.11 Å². The van der Waals surface area contributed by atoms with Crippen LogP contribution in [0.5, 0.6) is 0 Å². The Bertz CT molecular complexity index is 425. The van der Waals surface area contributed by atoms with E-state index in [1.54, 1.807) is 0 Å². The lowest BCUT2D eigenvalue weighted by molar-refractivity contribution is 0.00317. The van der Waals surface area contributed by atoms with Gasteiger partial charge in [0.15, 0.2) is 0 Å². The first-order chi connectivity index (χ1) is 8.69. The summed E-state index contributed by atoms with van der Waals surface area (Å²) in [6, 6.07) is 8.17. The monoisotopic (exact) mass is 245 g/mol. The number of hydrogen-bond acceptors (Lipinski definition) is 2. The SMILES string of the molecule is NC1CC(O)(CC2CCCCC2)c2ccccc21. The number of aliphatic hydroxyl groups is 1. The summed E-state index contributed by atoms with van der Waals surface area (Å²) in [5.74, 6) is 0.683. The van der Waals surface area contributed by atoms with Crippen molar-refractivity contribution in [3.8, 4) is 0 Å². The number of benzene rings is 1. The van der Waals surface area contributed by atoms with E-state index < -0.39 is 5.60 Å². The van der Waals surface area contributed by atoms with Gasteiger partial charge in [-0.1, -0.05) is 56.4 Å². The first-order valence-electron chi connectivity index (χ1n) is 7.26. The van der Waals surface area contributed by atoms with Crippen LogP contribution in [0.25, 0.3) is 0 Å². The van der Waals surface area contributed by atoms with Gasteiger partial charge in [-0.2, -0.15) is 0 Å². The summed E-state index contributed by atoms with van der Waals surface area (Å²) >= 11 is 0. The number of hydrogen-bond donors (Lipinski definition) is 2. The highest BCUT2D eigenvalue weighted by molar-refractivity contribution is 5.39. The van der Waals surface area contributed by atoms with Crippen molar-refractivity contribution in [2.45, 2.75) is 56.6 Å². The standard InChI is InChI=1S/C16H23NO/c17-15-11-16(18,10-12-6-2-1-3-7-12)14-9-5-4-8-13(14)15/h4-5,8-9,12,15,18H,1-3,6-7,10-11,17H2. The zero-order valence-corrected chi connectivity index (χ0v) is 10.9. The van der Waals surface area contributed by atoms with Crippen molar-refractivity contribution in [1.29, 1.82) is 0 Å². The molecule has 1 saturated carbocycles. The molecular formula is C16H23NO. The Kier molecular flexibility index (Phi) is 3.16. The molecule has 0 bridgehead atoms. The third-order valence-electron chi connectivity index (χ3n) is 4.77. The third kappa shape index (κ3) is 2.08. The lowest BCUT2D eigenvalue weighted by atomic mass is 9.78. The number of rotatable bonds is 2. The Morgan fingerprint density at radius 1 is 1.17 bits per heavy atom. The van der Waals surface area contributed by atoms with E-state index in [1.165, 1.54) is 32.1 Å². The zero-order chi connectivity index (χ0) is 12.6. The van der Waals surface area contributed by atoms with E-state index in [1.807, 2.05) is 12.1 Å². The van der Waals surface area contributed by atoms with Crippen LogP contribution in [-0.2, 0) is 5.60 Å². The van der Waals surface area contributed by atoms with Gasteiger partial charge in [0.05, 0.1) is 5.60 Å². The Balaban J connectivity index is 1.82. The topological polar surface area (TPSA) is 46.2 Å². The van der Waals surface area contributed by atoms with Gasteiger partial charge in [-0.15, -0.1) is 0 Å². The van der Waals surface area contributed by atoms with Crippen LogP contribution in [0.3, 0.4) is 0 Å². The molecule has 1 aromatic carbocycles. The highest BCUT2D eigenvalue weighted by Gasteiger charge is 2.42. The van der Waals surface area contributed by atoms with Crippen LogP contribution in [0.15, 0.2) is 24.3 Å². The lowest BCUT2D eigenvalue weighted by Gasteiger charge is -2.31. The Labute approximate surface area is 109 Å². The summed E-state index contributed by atoms with van der Waals surface area (Å²) in [6.45, 7) is 0. The molecule has 0 amide bonds. The largest absolute Gasteiger partial charge is 0.385 e.